The van der Waals surface area contributed by atoms with Crippen LogP contribution in [0.2, 0.25) is 0 Å². The SMILES string of the molecule is CC(C)c1ccnc(CC(C)c2nccc(CC(C)c3cncnc3)n2)n1. The molecule has 0 fully saturated rings. The van der Waals surface area contributed by atoms with Crippen LogP contribution in [0.4, 0.5) is 0 Å². The van der Waals surface area contributed by atoms with Crippen LogP contribution in [0.25, 0.3) is 0 Å². The van der Waals surface area contributed by atoms with Gasteiger partial charge in [0.15, 0.2) is 0 Å². The van der Waals surface area contributed by atoms with E-state index in [1.165, 1.54) is 0 Å². The Morgan fingerprint density at radius 1 is 0.815 bits per heavy atom. The first-order valence-corrected chi connectivity index (χ1v) is 9.41. The fraction of sp³-hybridized carbons (Fsp3) is 0.429. The number of hydrogen-bond donors (Lipinski definition) is 0. The van der Waals surface area contributed by atoms with E-state index in [9.17, 15) is 0 Å². The second kappa shape index (κ2) is 8.75. The summed E-state index contributed by atoms with van der Waals surface area (Å²) in [5, 5.41) is 0. The molecular formula is C21H26N6. The molecule has 2 atom stereocenters. The molecule has 0 spiro atoms. The van der Waals surface area contributed by atoms with Crippen molar-refractivity contribution in [2.45, 2.75) is 58.3 Å². The summed E-state index contributed by atoms with van der Waals surface area (Å²) in [7, 11) is 0. The average molecular weight is 362 g/mol. The first kappa shape index (κ1) is 19.0. The number of hydrogen-bond acceptors (Lipinski definition) is 6. The Bertz CT molecular complexity index is 865. The minimum atomic E-state index is 0.155. The van der Waals surface area contributed by atoms with Gasteiger partial charge in [-0.15, -0.1) is 0 Å². The van der Waals surface area contributed by atoms with Gasteiger partial charge in [-0.1, -0.05) is 27.7 Å². The highest BCUT2D eigenvalue weighted by molar-refractivity contribution is 5.15. The van der Waals surface area contributed by atoms with E-state index in [-0.39, 0.29) is 5.92 Å². The van der Waals surface area contributed by atoms with Gasteiger partial charge in [0, 0.05) is 48.5 Å². The van der Waals surface area contributed by atoms with Gasteiger partial charge in [0.25, 0.3) is 0 Å². The fourth-order valence-corrected chi connectivity index (χ4v) is 2.96. The van der Waals surface area contributed by atoms with Gasteiger partial charge in [0.2, 0.25) is 0 Å². The molecule has 27 heavy (non-hydrogen) atoms. The van der Waals surface area contributed by atoms with Crippen molar-refractivity contribution in [1.29, 1.82) is 0 Å². The van der Waals surface area contributed by atoms with Crippen molar-refractivity contribution in [3.8, 4) is 0 Å². The van der Waals surface area contributed by atoms with Gasteiger partial charge in [0.1, 0.15) is 18.0 Å². The predicted molar refractivity (Wildman–Crippen MR) is 104 cm³/mol. The molecule has 0 aliphatic rings. The Hall–Kier alpha value is -2.76. The zero-order valence-electron chi connectivity index (χ0n) is 16.4. The van der Waals surface area contributed by atoms with Gasteiger partial charge in [-0.3, -0.25) is 0 Å². The lowest BCUT2D eigenvalue weighted by Crippen LogP contribution is -2.10. The van der Waals surface area contributed by atoms with Crippen LogP contribution in [-0.2, 0) is 12.8 Å². The van der Waals surface area contributed by atoms with Crippen molar-refractivity contribution in [2.75, 3.05) is 0 Å². The third kappa shape index (κ3) is 5.12. The average Bonchev–Trinajstić information content (AvgIpc) is 2.69. The normalized spacial score (nSPS) is 13.5. The molecule has 0 aliphatic heterocycles. The minimum absolute atomic E-state index is 0.155. The summed E-state index contributed by atoms with van der Waals surface area (Å²) in [6, 6.07) is 3.96. The molecule has 6 nitrogen and oxygen atoms in total. The summed E-state index contributed by atoms with van der Waals surface area (Å²) in [5.41, 5.74) is 3.21. The molecule has 140 valence electrons. The summed E-state index contributed by atoms with van der Waals surface area (Å²) in [6.07, 6.45) is 10.5. The maximum atomic E-state index is 4.78. The van der Waals surface area contributed by atoms with Gasteiger partial charge in [-0.25, -0.2) is 29.9 Å². The second-order valence-corrected chi connectivity index (χ2v) is 7.34. The van der Waals surface area contributed by atoms with E-state index in [0.29, 0.717) is 11.8 Å². The highest BCUT2D eigenvalue weighted by atomic mass is 14.9. The highest BCUT2D eigenvalue weighted by Crippen LogP contribution is 2.20. The van der Waals surface area contributed by atoms with Crippen LogP contribution in [0, 0.1) is 0 Å². The standard InChI is InChI=1S/C21H26N6/c1-14(2)19-6-8-24-20(27-19)10-16(4)21-25-7-5-18(26-21)9-15(3)17-11-22-13-23-12-17/h5-8,11-16H,9-10H2,1-4H3. The number of aromatic nitrogens is 6. The Morgan fingerprint density at radius 3 is 2.30 bits per heavy atom. The lowest BCUT2D eigenvalue weighted by atomic mass is 9.98. The van der Waals surface area contributed by atoms with Crippen LogP contribution in [0.5, 0.6) is 0 Å². The minimum Gasteiger partial charge on any atom is -0.245 e. The third-order valence-electron chi connectivity index (χ3n) is 4.64. The van der Waals surface area contributed by atoms with E-state index in [0.717, 1.165) is 41.4 Å². The molecule has 0 amide bonds. The smallest absolute Gasteiger partial charge is 0.131 e. The maximum Gasteiger partial charge on any atom is 0.131 e. The number of rotatable bonds is 7. The van der Waals surface area contributed by atoms with Crippen molar-refractivity contribution in [2.24, 2.45) is 0 Å². The lowest BCUT2D eigenvalue weighted by molar-refractivity contribution is 0.645. The topological polar surface area (TPSA) is 77.3 Å². The molecule has 3 aromatic heterocycles. The van der Waals surface area contributed by atoms with Crippen LogP contribution in [-0.4, -0.2) is 29.9 Å². The Morgan fingerprint density at radius 2 is 1.56 bits per heavy atom. The number of nitrogens with zero attached hydrogens (tertiary/aromatic N) is 6. The molecule has 0 aliphatic carbocycles. The van der Waals surface area contributed by atoms with E-state index < -0.39 is 0 Å². The predicted octanol–water partition coefficient (Wildman–Crippen LogP) is 3.87. The molecule has 3 aromatic rings. The van der Waals surface area contributed by atoms with E-state index >= 15 is 0 Å². The van der Waals surface area contributed by atoms with Crippen LogP contribution >= 0.6 is 0 Å². The molecule has 0 saturated heterocycles. The van der Waals surface area contributed by atoms with E-state index in [1.54, 1.807) is 6.33 Å². The molecular weight excluding hydrogens is 336 g/mol. The second-order valence-electron chi connectivity index (χ2n) is 7.34. The highest BCUT2D eigenvalue weighted by Gasteiger charge is 2.15. The van der Waals surface area contributed by atoms with Crippen molar-refractivity contribution < 1.29 is 0 Å². The van der Waals surface area contributed by atoms with E-state index in [4.69, 9.17) is 4.98 Å². The van der Waals surface area contributed by atoms with Crippen molar-refractivity contribution in [3.05, 3.63) is 71.8 Å². The first-order valence-electron chi connectivity index (χ1n) is 9.41. The molecule has 3 heterocycles. The van der Waals surface area contributed by atoms with Gasteiger partial charge >= 0.3 is 0 Å². The van der Waals surface area contributed by atoms with Crippen molar-refractivity contribution in [3.63, 3.8) is 0 Å². The Labute approximate surface area is 160 Å². The zero-order valence-corrected chi connectivity index (χ0v) is 16.4. The van der Waals surface area contributed by atoms with Crippen molar-refractivity contribution >= 4 is 0 Å². The van der Waals surface area contributed by atoms with Crippen LogP contribution in [0.1, 0.15) is 74.0 Å². The van der Waals surface area contributed by atoms with Crippen LogP contribution in [0.15, 0.2) is 43.2 Å². The molecule has 0 radical (unpaired) electrons. The molecule has 6 heteroatoms. The largest absolute Gasteiger partial charge is 0.245 e. The summed E-state index contributed by atoms with van der Waals surface area (Å²) in [6.45, 7) is 8.57. The fourth-order valence-electron chi connectivity index (χ4n) is 2.96. The summed E-state index contributed by atoms with van der Waals surface area (Å²) >= 11 is 0. The molecule has 0 aromatic carbocycles. The van der Waals surface area contributed by atoms with Crippen LogP contribution < -0.4 is 0 Å². The maximum absolute atomic E-state index is 4.78. The molecule has 3 rings (SSSR count). The molecule has 0 N–H and O–H groups in total. The van der Waals surface area contributed by atoms with Crippen molar-refractivity contribution in [1.82, 2.24) is 29.9 Å². The molecule has 2 unspecified atom stereocenters. The summed E-state index contributed by atoms with van der Waals surface area (Å²) in [5.74, 6) is 2.53. The molecule has 0 saturated carbocycles. The lowest BCUT2D eigenvalue weighted by Gasteiger charge is -2.14. The Kier molecular flexibility index (Phi) is 6.16. The monoisotopic (exact) mass is 362 g/mol. The van der Waals surface area contributed by atoms with E-state index in [1.807, 2.05) is 36.9 Å². The third-order valence-corrected chi connectivity index (χ3v) is 4.64. The first-order chi connectivity index (χ1) is 13.0. The zero-order chi connectivity index (χ0) is 19.2. The van der Waals surface area contributed by atoms with E-state index in [2.05, 4.69) is 52.6 Å². The molecule has 0 bridgehead atoms. The van der Waals surface area contributed by atoms with Gasteiger partial charge in [-0.05, 0) is 36.0 Å². The summed E-state index contributed by atoms with van der Waals surface area (Å²) < 4.78 is 0. The van der Waals surface area contributed by atoms with Crippen LogP contribution in [0.3, 0.4) is 0 Å². The Balaban J connectivity index is 1.70. The summed E-state index contributed by atoms with van der Waals surface area (Å²) in [4.78, 5) is 26.6. The van der Waals surface area contributed by atoms with Gasteiger partial charge in [-0.2, -0.15) is 0 Å². The van der Waals surface area contributed by atoms with Gasteiger partial charge < -0.3 is 0 Å². The quantitative estimate of drug-likeness (QED) is 0.635. The van der Waals surface area contributed by atoms with Gasteiger partial charge in [0.05, 0.1) is 0 Å².